The maximum absolute atomic E-state index is 13.5. The lowest BCUT2D eigenvalue weighted by Crippen LogP contribution is -2.21. The van der Waals surface area contributed by atoms with E-state index in [0.717, 1.165) is 6.07 Å². The lowest BCUT2D eigenvalue weighted by molar-refractivity contribution is -0.147. The average Bonchev–Trinajstić information content (AvgIpc) is 3.08. The summed E-state index contributed by atoms with van der Waals surface area (Å²) in [4.78, 5) is 35.5. The number of ketones is 1. The summed E-state index contributed by atoms with van der Waals surface area (Å²) in [7, 11) is 0. The van der Waals surface area contributed by atoms with Gasteiger partial charge in [0.15, 0.2) is 12.4 Å². The van der Waals surface area contributed by atoms with E-state index in [2.05, 4.69) is 5.32 Å². The zero-order chi connectivity index (χ0) is 17.5. The van der Waals surface area contributed by atoms with E-state index >= 15 is 0 Å². The van der Waals surface area contributed by atoms with Gasteiger partial charge in [0.05, 0.1) is 17.0 Å². The molecule has 0 aliphatic rings. The Labute approximate surface area is 146 Å². The van der Waals surface area contributed by atoms with Crippen molar-refractivity contribution in [1.82, 2.24) is 0 Å². The van der Waals surface area contributed by atoms with Crippen molar-refractivity contribution < 1.29 is 23.5 Å². The van der Waals surface area contributed by atoms with Gasteiger partial charge in [-0.05, 0) is 29.6 Å². The molecular formula is C16H13ClFNO4S. The highest BCUT2D eigenvalue weighted by atomic mass is 35.5. The van der Waals surface area contributed by atoms with E-state index in [-0.39, 0.29) is 29.3 Å². The number of rotatable bonds is 7. The molecule has 1 amide bonds. The van der Waals surface area contributed by atoms with Crippen LogP contribution in [0.2, 0.25) is 5.02 Å². The van der Waals surface area contributed by atoms with Gasteiger partial charge < -0.3 is 10.1 Å². The first-order chi connectivity index (χ1) is 11.5. The van der Waals surface area contributed by atoms with Gasteiger partial charge in [0.25, 0.3) is 5.91 Å². The van der Waals surface area contributed by atoms with Crippen molar-refractivity contribution in [2.75, 3.05) is 11.9 Å². The Morgan fingerprint density at radius 1 is 1.21 bits per heavy atom. The molecular weight excluding hydrogens is 357 g/mol. The summed E-state index contributed by atoms with van der Waals surface area (Å²) in [6.07, 6.45) is -0.119. The minimum absolute atomic E-state index is 0.00672. The lowest BCUT2D eigenvalue weighted by atomic mass is 10.2. The fraction of sp³-hybridized carbons (Fsp3) is 0.188. The smallest absolute Gasteiger partial charge is 0.306 e. The molecule has 0 saturated carbocycles. The summed E-state index contributed by atoms with van der Waals surface area (Å²) in [5, 5.41) is 4.24. The highest BCUT2D eigenvalue weighted by Gasteiger charge is 2.13. The Balaban J connectivity index is 1.73. The van der Waals surface area contributed by atoms with E-state index in [0.29, 0.717) is 4.88 Å². The lowest BCUT2D eigenvalue weighted by Gasteiger charge is -2.07. The number of hydrogen-bond acceptors (Lipinski definition) is 5. The minimum atomic E-state index is -0.691. The zero-order valence-corrected chi connectivity index (χ0v) is 14.0. The highest BCUT2D eigenvalue weighted by Crippen LogP contribution is 2.18. The molecule has 24 heavy (non-hydrogen) atoms. The van der Waals surface area contributed by atoms with Gasteiger partial charge >= 0.3 is 5.97 Å². The van der Waals surface area contributed by atoms with Gasteiger partial charge in [-0.2, -0.15) is 0 Å². The van der Waals surface area contributed by atoms with E-state index in [9.17, 15) is 18.8 Å². The van der Waals surface area contributed by atoms with Gasteiger partial charge in [-0.25, -0.2) is 4.39 Å². The molecule has 0 spiro atoms. The fourth-order valence-electron chi connectivity index (χ4n) is 1.77. The third-order valence-corrected chi connectivity index (χ3v) is 4.07. The number of Topliss-reactive ketones (excluding diaryl/α,β-unsaturated/α-hetero) is 1. The van der Waals surface area contributed by atoms with Crippen LogP contribution in [0.1, 0.15) is 22.5 Å². The van der Waals surface area contributed by atoms with Crippen molar-refractivity contribution in [2.24, 2.45) is 0 Å². The molecule has 0 bridgehead atoms. The summed E-state index contributed by atoms with van der Waals surface area (Å²) in [6, 6.07) is 7.20. The first kappa shape index (κ1) is 18.1. The van der Waals surface area contributed by atoms with Crippen LogP contribution in [0.4, 0.5) is 10.1 Å². The van der Waals surface area contributed by atoms with Crippen LogP contribution in [-0.4, -0.2) is 24.3 Å². The van der Waals surface area contributed by atoms with Crippen molar-refractivity contribution in [3.05, 3.63) is 51.4 Å². The Kier molecular flexibility index (Phi) is 6.45. The second-order valence-corrected chi connectivity index (χ2v) is 6.12. The summed E-state index contributed by atoms with van der Waals surface area (Å²) in [5.41, 5.74) is -0.0617. The number of anilines is 1. The van der Waals surface area contributed by atoms with Crippen LogP contribution in [0, 0.1) is 5.82 Å². The zero-order valence-electron chi connectivity index (χ0n) is 12.4. The molecule has 2 aromatic rings. The number of esters is 1. The molecule has 0 fully saturated rings. The topological polar surface area (TPSA) is 72.5 Å². The highest BCUT2D eigenvalue weighted by molar-refractivity contribution is 7.12. The molecule has 126 valence electrons. The third-order valence-electron chi connectivity index (χ3n) is 2.92. The predicted molar refractivity (Wildman–Crippen MR) is 88.9 cm³/mol. The van der Waals surface area contributed by atoms with Crippen LogP contribution in [0.5, 0.6) is 0 Å². The summed E-state index contributed by atoms with van der Waals surface area (Å²) < 4.78 is 18.3. The number of carbonyl (C=O) groups excluding carboxylic acids is 3. The van der Waals surface area contributed by atoms with Gasteiger partial charge in [0.2, 0.25) is 0 Å². The van der Waals surface area contributed by atoms with Crippen LogP contribution in [0.3, 0.4) is 0 Å². The maximum Gasteiger partial charge on any atom is 0.306 e. The summed E-state index contributed by atoms with van der Waals surface area (Å²) in [5.74, 6) is -2.21. The van der Waals surface area contributed by atoms with Crippen LogP contribution in [-0.2, 0) is 14.3 Å². The molecule has 1 aromatic carbocycles. The molecule has 1 N–H and O–H groups in total. The standard InChI is InChI=1S/C16H13ClFNO4S/c17-10-3-4-12(11(18)8-10)19-15(21)9-23-16(22)6-5-13(20)14-2-1-7-24-14/h1-4,7-8H,5-6,9H2,(H,19,21). The number of nitrogens with one attached hydrogen (secondary N) is 1. The number of amides is 1. The van der Waals surface area contributed by atoms with Gasteiger partial charge in [0, 0.05) is 11.4 Å². The van der Waals surface area contributed by atoms with Gasteiger partial charge in [-0.15, -0.1) is 11.3 Å². The van der Waals surface area contributed by atoms with Crippen molar-refractivity contribution in [1.29, 1.82) is 0 Å². The van der Waals surface area contributed by atoms with Gasteiger partial charge in [-0.1, -0.05) is 17.7 Å². The first-order valence-electron chi connectivity index (χ1n) is 6.93. The molecule has 8 heteroatoms. The molecule has 0 radical (unpaired) electrons. The second-order valence-electron chi connectivity index (χ2n) is 4.73. The van der Waals surface area contributed by atoms with Crippen molar-refractivity contribution in [3.63, 3.8) is 0 Å². The first-order valence-corrected chi connectivity index (χ1v) is 8.18. The predicted octanol–water partition coefficient (Wildman–Crippen LogP) is 3.69. The van der Waals surface area contributed by atoms with E-state index in [4.69, 9.17) is 16.3 Å². The van der Waals surface area contributed by atoms with Crippen molar-refractivity contribution >= 4 is 46.3 Å². The largest absolute Gasteiger partial charge is 0.456 e. The maximum atomic E-state index is 13.5. The third kappa shape index (κ3) is 5.43. The van der Waals surface area contributed by atoms with E-state index in [1.165, 1.54) is 23.5 Å². The SMILES string of the molecule is O=C(COC(=O)CCC(=O)c1cccs1)Nc1ccc(Cl)cc1F. The number of benzene rings is 1. The van der Waals surface area contributed by atoms with Crippen LogP contribution in [0.15, 0.2) is 35.7 Å². The Bertz CT molecular complexity index is 749. The molecule has 0 saturated heterocycles. The molecule has 0 unspecified atom stereocenters. The summed E-state index contributed by atoms with van der Waals surface area (Å²) >= 11 is 6.90. The van der Waals surface area contributed by atoms with Gasteiger partial charge in [-0.3, -0.25) is 14.4 Å². The molecule has 0 atom stereocenters. The Morgan fingerprint density at radius 2 is 2.00 bits per heavy atom. The molecule has 0 aliphatic heterocycles. The molecule has 1 aromatic heterocycles. The quantitative estimate of drug-likeness (QED) is 0.596. The van der Waals surface area contributed by atoms with Crippen LogP contribution >= 0.6 is 22.9 Å². The Morgan fingerprint density at radius 3 is 2.67 bits per heavy atom. The second kappa shape index (κ2) is 8.56. The molecule has 1 heterocycles. The van der Waals surface area contributed by atoms with E-state index in [1.807, 2.05) is 0 Å². The monoisotopic (exact) mass is 369 g/mol. The molecule has 2 rings (SSSR count). The number of ether oxygens (including phenoxy) is 1. The molecule has 5 nitrogen and oxygen atoms in total. The molecule has 0 aliphatic carbocycles. The number of thiophene rings is 1. The van der Waals surface area contributed by atoms with Crippen molar-refractivity contribution in [3.8, 4) is 0 Å². The number of halogens is 2. The average molecular weight is 370 g/mol. The number of hydrogen-bond donors (Lipinski definition) is 1. The van der Waals surface area contributed by atoms with Crippen LogP contribution < -0.4 is 5.32 Å². The van der Waals surface area contributed by atoms with Gasteiger partial charge in [0.1, 0.15) is 5.82 Å². The fourth-order valence-corrected chi connectivity index (χ4v) is 2.62. The minimum Gasteiger partial charge on any atom is -0.456 e. The van der Waals surface area contributed by atoms with E-state index < -0.39 is 24.3 Å². The number of carbonyl (C=O) groups is 3. The van der Waals surface area contributed by atoms with Crippen molar-refractivity contribution in [2.45, 2.75) is 12.8 Å². The Hall–Kier alpha value is -2.25. The normalized spacial score (nSPS) is 10.2. The van der Waals surface area contributed by atoms with Crippen LogP contribution in [0.25, 0.3) is 0 Å². The van der Waals surface area contributed by atoms with E-state index in [1.54, 1.807) is 17.5 Å². The summed E-state index contributed by atoms with van der Waals surface area (Å²) in [6.45, 7) is -0.561.